The topological polar surface area (TPSA) is 82.5 Å². The normalized spacial score (nSPS) is 15.8. The zero-order valence-corrected chi connectivity index (χ0v) is 15.4. The molecule has 0 spiro atoms. The standard InChI is InChI=1S/C9H17NO3.C8H19NO2/c1-2-3-4-10-5-7-12-9(11)13-8-6-10;1-2-3-4-9(5-7-10)6-8-11/h2-8H2,1H3;10-11H,2-8H2,1H3. The second-order valence-corrected chi connectivity index (χ2v) is 5.78. The number of hydrogen-bond acceptors (Lipinski definition) is 7. The molecule has 0 aliphatic carbocycles. The molecule has 0 radical (unpaired) electrons. The van der Waals surface area contributed by atoms with Crippen molar-refractivity contribution in [3.8, 4) is 0 Å². The van der Waals surface area contributed by atoms with E-state index in [-0.39, 0.29) is 13.2 Å². The number of carbonyl (C=O) groups is 1. The number of aliphatic hydroxyl groups excluding tert-OH is 2. The minimum absolute atomic E-state index is 0.184. The van der Waals surface area contributed by atoms with Gasteiger partial charge in [-0.3, -0.25) is 9.80 Å². The van der Waals surface area contributed by atoms with Crippen molar-refractivity contribution in [2.45, 2.75) is 39.5 Å². The lowest BCUT2D eigenvalue weighted by molar-refractivity contribution is 0.0218. The van der Waals surface area contributed by atoms with Crippen molar-refractivity contribution in [2.24, 2.45) is 0 Å². The molecule has 0 aromatic carbocycles. The molecule has 1 aliphatic rings. The summed E-state index contributed by atoms with van der Waals surface area (Å²) in [5.41, 5.74) is 0. The van der Waals surface area contributed by atoms with Crippen LogP contribution in [0.3, 0.4) is 0 Å². The van der Waals surface area contributed by atoms with E-state index in [1.807, 2.05) is 0 Å². The second kappa shape index (κ2) is 17.0. The molecule has 1 saturated heterocycles. The lowest BCUT2D eigenvalue weighted by atomic mass is 10.3. The predicted octanol–water partition coefficient (Wildman–Crippen LogP) is 1.33. The smallest absolute Gasteiger partial charge is 0.433 e. The molecule has 1 aliphatic heterocycles. The van der Waals surface area contributed by atoms with E-state index in [4.69, 9.17) is 19.7 Å². The van der Waals surface area contributed by atoms with Gasteiger partial charge in [-0.15, -0.1) is 0 Å². The van der Waals surface area contributed by atoms with Gasteiger partial charge in [-0.25, -0.2) is 4.79 Å². The minimum Gasteiger partial charge on any atom is -0.433 e. The molecular formula is C17H36N2O5. The summed E-state index contributed by atoms with van der Waals surface area (Å²) in [7, 11) is 0. The maximum atomic E-state index is 10.7. The van der Waals surface area contributed by atoms with Gasteiger partial charge in [-0.1, -0.05) is 26.7 Å². The highest BCUT2D eigenvalue weighted by molar-refractivity contribution is 5.59. The summed E-state index contributed by atoms with van der Waals surface area (Å²) in [6, 6.07) is 0. The molecule has 7 heteroatoms. The van der Waals surface area contributed by atoms with Gasteiger partial charge in [0.25, 0.3) is 0 Å². The van der Waals surface area contributed by atoms with Crippen molar-refractivity contribution < 1.29 is 24.5 Å². The van der Waals surface area contributed by atoms with E-state index in [1.165, 1.54) is 12.8 Å². The second-order valence-electron chi connectivity index (χ2n) is 5.78. The van der Waals surface area contributed by atoms with Gasteiger partial charge >= 0.3 is 6.16 Å². The molecule has 0 atom stereocenters. The van der Waals surface area contributed by atoms with Crippen LogP contribution >= 0.6 is 0 Å². The Hall–Kier alpha value is -0.890. The van der Waals surface area contributed by atoms with Gasteiger partial charge in [0.2, 0.25) is 0 Å². The average Bonchev–Trinajstić information content (AvgIpc) is 2.56. The van der Waals surface area contributed by atoms with Gasteiger partial charge in [0.05, 0.1) is 13.2 Å². The van der Waals surface area contributed by atoms with Crippen LogP contribution in [0.2, 0.25) is 0 Å². The van der Waals surface area contributed by atoms with E-state index in [2.05, 4.69) is 23.6 Å². The van der Waals surface area contributed by atoms with Crippen LogP contribution in [0.5, 0.6) is 0 Å². The summed E-state index contributed by atoms with van der Waals surface area (Å²) >= 11 is 0. The first-order chi connectivity index (χ1) is 11.7. The fourth-order valence-electron chi connectivity index (χ4n) is 2.27. The van der Waals surface area contributed by atoms with Crippen LogP contribution in [0.25, 0.3) is 0 Å². The molecule has 1 rings (SSSR count). The Balaban J connectivity index is 0.000000449. The number of ether oxygens (including phenoxy) is 2. The number of nitrogens with zero attached hydrogens (tertiary/aromatic N) is 2. The molecule has 0 aromatic rings. The van der Waals surface area contributed by atoms with E-state index in [0.29, 0.717) is 26.3 Å². The van der Waals surface area contributed by atoms with Gasteiger partial charge in [-0.2, -0.15) is 0 Å². The fraction of sp³-hybridized carbons (Fsp3) is 0.941. The number of hydrogen-bond donors (Lipinski definition) is 2. The lowest BCUT2D eigenvalue weighted by Gasteiger charge is -2.23. The van der Waals surface area contributed by atoms with Crippen LogP contribution in [-0.4, -0.2) is 91.9 Å². The van der Waals surface area contributed by atoms with Crippen molar-refractivity contribution in [1.29, 1.82) is 0 Å². The SMILES string of the molecule is CCCCN(CCO)CCO.CCCCN1CCOC(=O)OCC1. The Kier molecular flexibility index (Phi) is 16.3. The number of rotatable bonds is 10. The summed E-state index contributed by atoms with van der Waals surface area (Å²) < 4.78 is 9.58. The molecule has 0 aromatic heterocycles. The van der Waals surface area contributed by atoms with Gasteiger partial charge < -0.3 is 19.7 Å². The van der Waals surface area contributed by atoms with Crippen LogP contribution in [0.15, 0.2) is 0 Å². The molecule has 0 bridgehead atoms. The van der Waals surface area contributed by atoms with E-state index < -0.39 is 6.16 Å². The Labute approximate surface area is 146 Å². The quantitative estimate of drug-likeness (QED) is 0.576. The Morgan fingerprint density at radius 3 is 1.96 bits per heavy atom. The van der Waals surface area contributed by atoms with Crippen molar-refractivity contribution in [3.05, 3.63) is 0 Å². The number of cyclic esters (lactones) is 2. The Morgan fingerprint density at radius 1 is 0.958 bits per heavy atom. The molecule has 0 amide bonds. The average molecular weight is 348 g/mol. The zero-order valence-electron chi connectivity index (χ0n) is 15.4. The largest absolute Gasteiger partial charge is 0.508 e. The first-order valence-corrected chi connectivity index (χ1v) is 9.13. The monoisotopic (exact) mass is 348 g/mol. The molecule has 0 saturated carbocycles. The van der Waals surface area contributed by atoms with Crippen LogP contribution < -0.4 is 0 Å². The summed E-state index contributed by atoms with van der Waals surface area (Å²) in [6.45, 7) is 10.6. The summed E-state index contributed by atoms with van der Waals surface area (Å²) in [4.78, 5) is 15.0. The summed E-state index contributed by atoms with van der Waals surface area (Å²) in [5, 5.41) is 17.3. The zero-order chi connectivity index (χ0) is 18.0. The summed E-state index contributed by atoms with van der Waals surface area (Å²) in [5.74, 6) is 0. The molecule has 24 heavy (non-hydrogen) atoms. The Bertz CT molecular complexity index is 274. The minimum atomic E-state index is -0.532. The highest BCUT2D eigenvalue weighted by atomic mass is 16.7. The molecular weight excluding hydrogens is 312 g/mol. The van der Waals surface area contributed by atoms with Crippen molar-refractivity contribution in [3.63, 3.8) is 0 Å². The van der Waals surface area contributed by atoms with Crippen LogP contribution in [-0.2, 0) is 9.47 Å². The third-order valence-corrected chi connectivity index (χ3v) is 3.74. The fourth-order valence-corrected chi connectivity index (χ4v) is 2.27. The molecule has 144 valence electrons. The van der Waals surface area contributed by atoms with Gasteiger partial charge in [0, 0.05) is 26.2 Å². The van der Waals surface area contributed by atoms with Crippen molar-refractivity contribution in [1.82, 2.24) is 9.80 Å². The highest BCUT2D eigenvalue weighted by Crippen LogP contribution is 1.99. The van der Waals surface area contributed by atoms with Crippen LogP contribution in [0.1, 0.15) is 39.5 Å². The van der Waals surface area contributed by atoms with Crippen molar-refractivity contribution in [2.75, 3.05) is 65.7 Å². The van der Waals surface area contributed by atoms with Crippen LogP contribution in [0, 0.1) is 0 Å². The molecule has 1 fully saturated rings. The maximum absolute atomic E-state index is 10.7. The number of aliphatic hydroxyl groups is 2. The summed E-state index contributed by atoms with van der Waals surface area (Å²) in [6.07, 6.45) is 4.15. The first-order valence-electron chi connectivity index (χ1n) is 9.13. The maximum Gasteiger partial charge on any atom is 0.508 e. The van der Waals surface area contributed by atoms with E-state index in [0.717, 1.165) is 39.0 Å². The molecule has 7 nitrogen and oxygen atoms in total. The number of unbranched alkanes of at least 4 members (excludes halogenated alkanes) is 2. The molecule has 1 heterocycles. The highest BCUT2D eigenvalue weighted by Gasteiger charge is 2.12. The third kappa shape index (κ3) is 13.5. The van der Waals surface area contributed by atoms with Gasteiger partial charge in [-0.05, 0) is 25.9 Å². The van der Waals surface area contributed by atoms with E-state index >= 15 is 0 Å². The van der Waals surface area contributed by atoms with Crippen LogP contribution in [0.4, 0.5) is 4.79 Å². The first kappa shape index (κ1) is 23.1. The van der Waals surface area contributed by atoms with Gasteiger partial charge in [0.15, 0.2) is 0 Å². The lowest BCUT2D eigenvalue weighted by Crippen LogP contribution is -2.35. The molecule has 0 unspecified atom stereocenters. The molecule has 2 N–H and O–H groups in total. The van der Waals surface area contributed by atoms with Crippen molar-refractivity contribution >= 4 is 6.16 Å². The predicted molar refractivity (Wildman–Crippen MR) is 94.2 cm³/mol. The van der Waals surface area contributed by atoms with Gasteiger partial charge in [0.1, 0.15) is 13.2 Å². The number of carbonyl (C=O) groups excluding carboxylic acids is 1. The van der Waals surface area contributed by atoms with E-state index in [1.54, 1.807) is 0 Å². The van der Waals surface area contributed by atoms with E-state index in [9.17, 15) is 4.79 Å². The Morgan fingerprint density at radius 2 is 1.50 bits per heavy atom. The third-order valence-electron chi connectivity index (χ3n) is 3.74.